The molecule has 2 rings (SSSR count). The van der Waals surface area contributed by atoms with Crippen LogP contribution in [0.3, 0.4) is 0 Å². The molecule has 0 saturated heterocycles. The average molecular weight is 297 g/mol. The molecule has 4 nitrogen and oxygen atoms in total. The Bertz CT molecular complexity index is 619. The van der Waals surface area contributed by atoms with Crippen molar-refractivity contribution >= 4 is 29.3 Å². The van der Waals surface area contributed by atoms with Crippen LogP contribution in [0.15, 0.2) is 24.3 Å². The quantitative estimate of drug-likeness (QED) is 0.855. The number of H-pyrrole nitrogens is 1. The molecule has 0 aliphatic rings. The highest BCUT2D eigenvalue weighted by molar-refractivity contribution is 5.87. The van der Waals surface area contributed by atoms with Crippen LogP contribution in [0.2, 0.25) is 0 Å². The highest BCUT2D eigenvalue weighted by atomic mass is 35.5. The molecule has 0 spiro atoms. The van der Waals surface area contributed by atoms with Gasteiger partial charge in [-0.05, 0) is 32.4 Å². The molecule has 0 radical (unpaired) electrons. The lowest BCUT2D eigenvalue weighted by Crippen LogP contribution is -2.37. The number of fused-ring (bicyclic) bond motifs is 1. The minimum atomic E-state index is -0.773. The zero-order valence-corrected chi connectivity index (χ0v) is 13.0. The van der Waals surface area contributed by atoms with Crippen LogP contribution in [-0.4, -0.2) is 18.1 Å². The number of nitrogens with one attached hydrogen (secondary N) is 1. The summed E-state index contributed by atoms with van der Waals surface area (Å²) < 4.78 is 4.86. The molecule has 0 bridgehead atoms. The molecule has 0 saturated carbocycles. The minimum Gasteiger partial charge on any atom is -0.469 e. The van der Waals surface area contributed by atoms with E-state index in [1.165, 1.54) is 7.11 Å². The van der Waals surface area contributed by atoms with Crippen LogP contribution in [0.4, 0.5) is 0 Å². The van der Waals surface area contributed by atoms with Gasteiger partial charge in [0.05, 0.1) is 12.5 Å². The smallest absolute Gasteiger partial charge is 0.313 e. The largest absolute Gasteiger partial charge is 0.469 e. The van der Waals surface area contributed by atoms with Crippen LogP contribution < -0.4 is 5.73 Å². The van der Waals surface area contributed by atoms with Crippen molar-refractivity contribution in [1.29, 1.82) is 0 Å². The van der Waals surface area contributed by atoms with Gasteiger partial charge in [0.1, 0.15) is 0 Å². The van der Waals surface area contributed by atoms with E-state index in [0.29, 0.717) is 0 Å². The van der Waals surface area contributed by atoms with E-state index in [2.05, 4.69) is 4.98 Å². The van der Waals surface area contributed by atoms with Crippen LogP contribution >= 0.6 is 12.4 Å². The Balaban J connectivity index is 0.00000200. The van der Waals surface area contributed by atoms with Crippen molar-refractivity contribution in [1.82, 2.24) is 4.98 Å². The Morgan fingerprint density at radius 2 is 1.95 bits per heavy atom. The van der Waals surface area contributed by atoms with E-state index < -0.39 is 11.5 Å². The molecular formula is C15H21ClN2O2. The Morgan fingerprint density at radius 3 is 2.55 bits per heavy atom. The standard InChI is InChI=1S/C15H20N2O2.ClH/c1-9-12(10-7-5-6-8-11(10)17-9)13(16)15(2,3)14(18)19-4;/h5-8,13,17H,16H2,1-4H3;1H/t13-;/m0./s1. The van der Waals surface area contributed by atoms with Crippen molar-refractivity contribution in [2.45, 2.75) is 26.8 Å². The number of hydrogen-bond donors (Lipinski definition) is 2. The lowest BCUT2D eigenvalue weighted by molar-refractivity contribution is -0.152. The number of hydrogen-bond acceptors (Lipinski definition) is 3. The van der Waals surface area contributed by atoms with Gasteiger partial charge in [0.2, 0.25) is 0 Å². The summed E-state index contributed by atoms with van der Waals surface area (Å²) in [6, 6.07) is 7.54. The van der Waals surface area contributed by atoms with Crippen LogP contribution in [0.25, 0.3) is 10.9 Å². The highest BCUT2D eigenvalue weighted by Crippen LogP contribution is 2.37. The predicted octanol–water partition coefficient (Wildman–Crippen LogP) is 3.10. The number of para-hydroxylation sites is 1. The van der Waals surface area contributed by atoms with E-state index in [1.54, 1.807) is 0 Å². The van der Waals surface area contributed by atoms with Gasteiger partial charge >= 0.3 is 5.97 Å². The van der Waals surface area contributed by atoms with Gasteiger partial charge in [-0.15, -0.1) is 12.4 Å². The molecule has 0 aliphatic carbocycles. The first-order valence-electron chi connectivity index (χ1n) is 6.30. The molecule has 0 unspecified atom stereocenters. The van der Waals surface area contributed by atoms with Gasteiger partial charge in [-0.1, -0.05) is 18.2 Å². The predicted molar refractivity (Wildman–Crippen MR) is 83.0 cm³/mol. The third kappa shape index (κ3) is 2.53. The summed E-state index contributed by atoms with van der Waals surface area (Å²) >= 11 is 0. The maximum Gasteiger partial charge on any atom is 0.313 e. The number of halogens is 1. The van der Waals surface area contributed by atoms with Crippen LogP contribution in [0.1, 0.15) is 31.1 Å². The zero-order chi connectivity index (χ0) is 14.2. The van der Waals surface area contributed by atoms with Gasteiger partial charge in [-0.2, -0.15) is 0 Å². The van der Waals surface area contributed by atoms with E-state index in [9.17, 15) is 4.79 Å². The van der Waals surface area contributed by atoms with Crippen molar-refractivity contribution in [2.24, 2.45) is 11.1 Å². The summed E-state index contributed by atoms with van der Waals surface area (Å²) in [6.45, 7) is 5.60. The summed E-state index contributed by atoms with van der Waals surface area (Å²) in [6.07, 6.45) is 0. The van der Waals surface area contributed by atoms with E-state index in [1.807, 2.05) is 45.0 Å². The topological polar surface area (TPSA) is 68.1 Å². The summed E-state index contributed by atoms with van der Waals surface area (Å²) in [7, 11) is 1.39. The van der Waals surface area contributed by atoms with Crippen molar-refractivity contribution < 1.29 is 9.53 Å². The Hall–Kier alpha value is -1.52. The molecule has 1 aromatic carbocycles. The van der Waals surface area contributed by atoms with Gasteiger partial charge in [0.15, 0.2) is 0 Å². The van der Waals surface area contributed by atoms with Crippen molar-refractivity contribution in [3.8, 4) is 0 Å². The Kier molecular flexibility index (Phi) is 4.84. The second-order valence-electron chi connectivity index (χ2n) is 5.40. The van der Waals surface area contributed by atoms with Crippen LogP contribution in [-0.2, 0) is 9.53 Å². The fourth-order valence-corrected chi connectivity index (χ4v) is 2.45. The molecule has 110 valence electrons. The minimum absolute atomic E-state index is 0. The van der Waals surface area contributed by atoms with Crippen LogP contribution in [0, 0.1) is 12.3 Å². The maximum atomic E-state index is 11.9. The van der Waals surface area contributed by atoms with Crippen molar-refractivity contribution in [3.05, 3.63) is 35.5 Å². The SMILES string of the molecule is COC(=O)C(C)(C)[C@@H](N)c1c(C)[nH]c2ccccc12.Cl. The van der Waals surface area contributed by atoms with Gasteiger partial charge < -0.3 is 15.5 Å². The summed E-state index contributed by atoms with van der Waals surface area (Å²) in [4.78, 5) is 15.2. The number of carbonyl (C=O) groups is 1. The Morgan fingerprint density at radius 1 is 1.35 bits per heavy atom. The summed E-state index contributed by atoms with van der Waals surface area (Å²) in [5, 5.41) is 1.06. The molecular weight excluding hydrogens is 276 g/mol. The van der Waals surface area contributed by atoms with Crippen molar-refractivity contribution in [3.63, 3.8) is 0 Å². The fraction of sp³-hybridized carbons (Fsp3) is 0.400. The number of ether oxygens (including phenoxy) is 1. The number of rotatable bonds is 3. The maximum absolute atomic E-state index is 11.9. The first-order valence-corrected chi connectivity index (χ1v) is 6.30. The molecule has 20 heavy (non-hydrogen) atoms. The summed E-state index contributed by atoms with van der Waals surface area (Å²) in [5.74, 6) is -0.301. The Labute approximate surface area is 125 Å². The average Bonchev–Trinajstić information content (AvgIpc) is 2.72. The number of aryl methyl sites for hydroxylation is 1. The summed E-state index contributed by atoms with van der Waals surface area (Å²) in [5.41, 5.74) is 8.57. The highest BCUT2D eigenvalue weighted by Gasteiger charge is 2.38. The third-order valence-corrected chi connectivity index (χ3v) is 3.74. The molecule has 0 amide bonds. The van der Waals surface area contributed by atoms with E-state index in [-0.39, 0.29) is 18.4 Å². The zero-order valence-electron chi connectivity index (χ0n) is 12.2. The van der Waals surface area contributed by atoms with E-state index >= 15 is 0 Å². The number of carbonyl (C=O) groups excluding carboxylic acids is 1. The molecule has 2 aromatic rings. The van der Waals surface area contributed by atoms with Gasteiger partial charge in [-0.25, -0.2) is 0 Å². The lowest BCUT2D eigenvalue weighted by atomic mass is 9.80. The van der Waals surface area contributed by atoms with E-state index in [0.717, 1.165) is 22.2 Å². The number of benzene rings is 1. The molecule has 3 N–H and O–H groups in total. The fourth-order valence-electron chi connectivity index (χ4n) is 2.45. The van der Waals surface area contributed by atoms with Gasteiger partial charge in [0, 0.05) is 22.6 Å². The molecule has 0 fully saturated rings. The molecule has 5 heteroatoms. The molecule has 1 aromatic heterocycles. The molecule has 0 aliphatic heterocycles. The van der Waals surface area contributed by atoms with Crippen molar-refractivity contribution in [2.75, 3.05) is 7.11 Å². The second-order valence-corrected chi connectivity index (χ2v) is 5.40. The van der Waals surface area contributed by atoms with Gasteiger partial charge in [0.25, 0.3) is 0 Å². The first-order chi connectivity index (χ1) is 8.89. The lowest BCUT2D eigenvalue weighted by Gasteiger charge is -2.29. The normalized spacial score (nSPS) is 12.8. The number of aromatic amines is 1. The molecule has 1 atom stereocenters. The monoisotopic (exact) mass is 296 g/mol. The number of nitrogens with two attached hydrogens (primary N) is 1. The second kappa shape index (κ2) is 5.85. The van der Waals surface area contributed by atoms with E-state index in [4.69, 9.17) is 10.5 Å². The van der Waals surface area contributed by atoms with Crippen LogP contribution in [0.5, 0.6) is 0 Å². The number of aromatic nitrogens is 1. The number of methoxy groups -OCH3 is 1. The number of esters is 1. The third-order valence-electron chi connectivity index (χ3n) is 3.74. The van der Waals surface area contributed by atoms with Gasteiger partial charge in [-0.3, -0.25) is 4.79 Å². The molecule has 1 heterocycles. The first kappa shape index (κ1) is 16.5.